The van der Waals surface area contributed by atoms with Crippen molar-refractivity contribution in [2.24, 2.45) is 5.92 Å². The molecule has 4 rings (SSSR count). The second kappa shape index (κ2) is 10.6. The third-order valence-corrected chi connectivity index (χ3v) is 5.74. The fraction of sp³-hybridized carbons (Fsp3) is 0.458. The third-order valence-electron chi connectivity index (χ3n) is 5.74. The van der Waals surface area contributed by atoms with Crippen molar-refractivity contribution in [2.45, 2.75) is 13.0 Å². The summed E-state index contributed by atoms with van der Waals surface area (Å²) in [5, 5.41) is 3.00. The number of benzene rings is 2. The SMILES string of the molecule is O=C(CN1CC[C@@H](CN2CCOCC2)C1)Nc1ccc(OCc2ccccc2)cc1. The van der Waals surface area contributed by atoms with Gasteiger partial charge in [0.2, 0.25) is 5.91 Å². The van der Waals surface area contributed by atoms with E-state index >= 15 is 0 Å². The van der Waals surface area contributed by atoms with Crippen LogP contribution >= 0.6 is 0 Å². The molecule has 0 radical (unpaired) electrons. The number of nitrogens with one attached hydrogen (secondary N) is 1. The molecular formula is C24H31N3O3. The van der Waals surface area contributed by atoms with Crippen LogP contribution in [-0.2, 0) is 16.1 Å². The summed E-state index contributed by atoms with van der Waals surface area (Å²) in [6.07, 6.45) is 1.16. The average molecular weight is 410 g/mol. The first-order valence-electron chi connectivity index (χ1n) is 10.8. The molecule has 2 aliphatic rings. The van der Waals surface area contributed by atoms with Gasteiger partial charge < -0.3 is 14.8 Å². The summed E-state index contributed by atoms with van der Waals surface area (Å²) >= 11 is 0. The van der Waals surface area contributed by atoms with Gasteiger partial charge in [0.1, 0.15) is 12.4 Å². The van der Waals surface area contributed by atoms with E-state index in [0.29, 0.717) is 19.1 Å². The summed E-state index contributed by atoms with van der Waals surface area (Å²) in [7, 11) is 0. The van der Waals surface area contributed by atoms with Crippen LogP contribution in [0.25, 0.3) is 0 Å². The Balaban J connectivity index is 1.17. The topological polar surface area (TPSA) is 54.0 Å². The van der Waals surface area contributed by atoms with Gasteiger partial charge in [0.25, 0.3) is 0 Å². The lowest BCUT2D eigenvalue weighted by Crippen LogP contribution is -2.40. The number of rotatable bonds is 8. The van der Waals surface area contributed by atoms with E-state index < -0.39 is 0 Å². The second-order valence-corrected chi connectivity index (χ2v) is 8.15. The van der Waals surface area contributed by atoms with Crippen molar-refractivity contribution in [1.29, 1.82) is 0 Å². The number of hydrogen-bond donors (Lipinski definition) is 1. The lowest BCUT2D eigenvalue weighted by molar-refractivity contribution is -0.117. The first-order valence-corrected chi connectivity index (χ1v) is 10.8. The summed E-state index contributed by atoms with van der Waals surface area (Å²) in [6, 6.07) is 17.7. The minimum atomic E-state index is 0.0416. The molecule has 2 heterocycles. The number of amides is 1. The number of ether oxygens (including phenoxy) is 2. The minimum absolute atomic E-state index is 0.0416. The number of carbonyl (C=O) groups is 1. The molecule has 0 saturated carbocycles. The molecule has 1 N–H and O–H groups in total. The summed E-state index contributed by atoms with van der Waals surface area (Å²) in [4.78, 5) is 17.2. The summed E-state index contributed by atoms with van der Waals surface area (Å²) in [5.41, 5.74) is 1.93. The van der Waals surface area contributed by atoms with Crippen molar-refractivity contribution in [3.8, 4) is 5.75 Å². The zero-order valence-electron chi connectivity index (χ0n) is 17.5. The molecule has 30 heavy (non-hydrogen) atoms. The number of hydrogen-bond acceptors (Lipinski definition) is 5. The summed E-state index contributed by atoms with van der Waals surface area (Å²) in [5.74, 6) is 1.49. The lowest BCUT2D eigenvalue weighted by atomic mass is 10.1. The first kappa shape index (κ1) is 20.8. The smallest absolute Gasteiger partial charge is 0.238 e. The lowest BCUT2D eigenvalue weighted by Gasteiger charge is -2.29. The normalized spacial score (nSPS) is 20.2. The van der Waals surface area contributed by atoms with E-state index in [2.05, 4.69) is 15.1 Å². The predicted octanol–water partition coefficient (Wildman–Crippen LogP) is 2.86. The van der Waals surface area contributed by atoms with Gasteiger partial charge in [0, 0.05) is 31.9 Å². The van der Waals surface area contributed by atoms with Gasteiger partial charge in [-0.1, -0.05) is 30.3 Å². The largest absolute Gasteiger partial charge is 0.489 e. The van der Waals surface area contributed by atoms with Crippen LogP contribution in [-0.4, -0.2) is 68.2 Å². The monoisotopic (exact) mass is 409 g/mol. The summed E-state index contributed by atoms with van der Waals surface area (Å²) < 4.78 is 11.2. The molecule has 0 spiro atoms. The molecule has 0 aliphatic carbocycles. The van der Waals surface area contributed by atoms with E-state index in [1.54, 1.807) is 0 Å². The van der Waals surface area contributed by atoms with Crippen LogP contribution in [0.15, 0.2) is 54.6 Å². The van der Waals surface area contributed by atoms with Crippen LogP contribution in [0.4, 0.5) is 5.69 Å². The maximum Gasteiger partial charge on any atom is 0.238 e. The van der Waals surface area contributed by atoms with Gasteiger partial charge in [-0.05, 0) is 48.7 Å². The Kier molecular flexibility index (Phi) is 7.34. The Morgan fingerprint density at radius 3 is 2.53 bits per heavy atom. The van der Waals surface area contributed by atoms with E-state index in [-0.39, 0.29) is 5.91 Å². The molecule has 6 heteroatoms. The molecule has 2 aromatic carbocycles. The van der Waals surface area contributed by atoms with E-state index in [1.165, 1.54) is 0 Å². The molecule has 1 atom stereocenters. The van der Waals surface area contributed by atoms with E-state index in [4.69, 9.17) is 9.47 Å². The molecule has 2 fully saturated rings. The number of likely N-dealkylation sites (tertiary alicyclic amines) is 1. The maximum absolute atomic E-state index is 12.4. The molecular weight excluding hydrogens is 378 g/mol. The highest BCUT2D eigenvalue weighted by atomic mass is 16.5. The highest BCUT2D eigenvalue weighted by Gasteiger charge is 2.26. The van der Waals surface area contributed by atoms with Gasteiger partial charge in [0.15, 0.2) is 0 Å². The van der Waals surface area contributed by atoms with Crippen molar-refractivity contribution in [3.63, 3.8) is 0 Å². The van der Waals surface area contributed by atoms with Crippen LogP contribution in [0.2, 0.25) is 0 Å². The number of morpholine rings is 1. The van der Waals surface area contributed by atoms with Crippen molar-refractivity contribution < 1.29 is 14.3 Å². The Morgan fingerprint density at radius 2 is 1.77 bits per heavy atom. The minimum Gasteiger partial charge on any atom is -0.489 e. The first-order chi connectivity index (χ1) is 14.7. The Morgan fingerprint density at radius 1 is 1.00 bits per heavy atom. The predicted molar refractivity (Wildman–Crippen MR) is 118 cm³/mol. The van der Waals surface area contributed by atoms with Crippen molar-refractivity contribution >= 4 is 11.6 Å². The highest BCUT2D eigenvalue weighted by Crippen LogP contribution is 2.19. The molecule has 1 amide bonds. The van der Waals surface area contributed by atoms with E-state index in [0.717, 1.165) is 69.4 Å². The van der Waals surface area contributed by atoms with E-state index in [9.17, 15) is 4.79 Å². The fourth-order valence-electron chi connectivity index (χ4n) is 4.13. The molecule has 2 aromatic rings. The Hall–Kier alpha value is -2.41. The van der Waals surface area contributed by atoms with Crippen LogP contribution in [0.3, 0.4) is 0 Å². The zero-order valence-corrected chi connectivity index (χ0v) is 17.5. The van der Waals surface area contributed by atoms with Gasteiger partial charge in [-0.25, -0.2) is 0 Å². The van der Waals surface area contributed by atoms with Crippen LogP contribution in [0, 0.1) is 5.92 Å². The van der Waals surface area contributed by atoms with Crippen LogP contribution in [0.1, 0.15) is 12.0 Å². The molecule has 0 aromatic heterocycles. The Labute approximate surface area is 178 Å². The average Bonchev–Trinajstić information content (AvgIpc) is 3.21. The highest BCUT2D eigenvalue weighted by molar-refractivity contribution is 5.92. The zero-order chi connectivity index (χ0) is 20.6. The summed E-state index contributed by atoms with van der Waals surface area (Å²) in [6.45, 7) is 7.84. The number of anilines is 1. The van der Waals surface area contributed by atoms with Crippen molar-refractivity contribution in [2.75, 3.05) is 57.8 Å². The van der Waals surface area contributed by atoms with Gasteiger partial charge in [-0.3, -0.25) is 14.6 Å². The standard InChI is InChI=1S/C24H31N3O3/c28-24(18-27-11-10-21(17-27)16-26-12-14-29-15-13-26)25-22-6-8-23(9-7-22)30-19-20-4-2-1-3-5-20/h1-9,21H,10-19H2,(H,25,28)/t21-/m0/s1. The second-order valence-electron chi connectivity index (χ2n) is 8.15. The maximum atomic E-state index is 12.4. The molecule has 0 bridgehead atoms. The van der Waals surface area contributed by atoms with Crippen molar-refractivity contribution in [3.05, 3.63) is 60.2 Å². The molecule has 160 valence electrons. The van der Waals surface area contributed by atoms with Gasteiger partial charge >= 0.3 is 0 Å². The Bertz CT molecular complexity index is 791. The fourth-order valence-corrected chi connectivity index (χ4v) is 4.13. The number of carbonyl (C=O) groups excluding carboxylic acids is 1. The molecule has 0 unspecified atom stereocenters. The molecule has 2 aliphatic heterocycles. The number of nitrogens with zero attached hydrogens (tertiary/aromatic N) is 2. The quantitative estimate of drug-likeness (QED) is 0.727. The van der Waals surface area contributed by atoms with Crippen LogP contribution in [0.5, 0.6) is 5.75 Å². The van der Waals surface area contributed by atoms with Crippen LogP contribution < -0.4 is 10.1 Å². The molecule has 2 saturated heterocycles. The van der Waals surface area contributed by atoms with Crippen molar-refractivity contribution in [1.82, 2.24) is 9.80 Å². The third kappa shape index (κ3) is 6.29. The van der Waals surface area contributed by atoms with Gasteiger partial charge in [-0.15, -0.1) is 0 Å². The van der Waals surface area contributed by atoms with E-state index in [1.807, 2.05) is 54.6 Å². The van der Waals surface area contributed by atoms with Gasteiger partial charge in [-0.2, -0.15) is 0 Å². The van der Waals surface area contributed by atoms with Gasteiger partial charge in [0.05, 0.1) is 19.8 Å². The molecule has 6 nitrogen and oxygen atoms in total.